The highest BCUT2D eigenvalue weighted by atomic mass is 127. The minimum atomic E-state index is -0.115. The number of halogens is 1. The van der Waals surface area contributed by atoms with Crippen LogP contribution in [0, 0.1) is 0 Å². The number of carbonyl (C=O) groups excluding carboxylic acids is 1. The van der Waals surface area contributed by atoms with Crippen LogP contribution in [0.15, 0.2) is 61.2 Å². The number of hydrogen-bond acceptors (Lipinski definition) is 3. The molecular formula is C24H38INO3. The summed E-state index contributed by atoms with van der Waals surface area (Å²) in [4.78, 5) is 13.8. The first-order valence-electron chi connectivity index (χ1n) is 9.48. The second kappa shape index (κ2) is 24.0. The monoisotopic (exact) mass is 515 g/mol. The second-order valence-corrected chi connectivity index (χ2v) is 4.85. The average molecular weight is 515 g/mol. The molecule has 1 aromatic carbocycles. The van der Waals surface area contributed by atoms with Crippen molar-refractivity contribution in [3.05, 3.63) is 66.8 Å². The van der Waals surface area contributed by atoms with Crippen molar-refractivity contribution in [2.75, 3.05) is 25.7 Å². The number of ether oxygens (including phenoxy) is 2. The smallest absolute Gasteiger partial charge is 0.244 e. The van der Waals surface area contributed by atoms with E-state index < -0.39 is 0 Å². The van der Waals surface area contributed by atoms with E-state index in [-0.39, 0.29) is 5.91 Å². The fourth-order valence-corrected chi connectivity index (χ4v) is 2.06. The van der Waals surface area contributed by atoms with E-state index in [0.29, 0.717) is 18.0 Å². The van der Waals surface area contributed by atoms with Crippen LogP contribution in [0.2, 0.25) is 0 Å². The maximum absolute atomic E-state index is 11.8. The van der Waals surface area contributed by atoms with Gasteiger partial charge in [-0.15, -0.1) is 13.2 Å². The van der Waals surface area contributed by atoms with E-state index in [1.54, 1.807) is 20.3 Å². The topological polar surface area (TPSA) is 47.6 Å². The summed E-state index contributed by atoms with van der Waals surface area (Å²) in [6.45, 7) is 14.6. The Labute approximate surface area is 191 Å². The first-order chi connectivity index (χ1) is 14.1. The van der Waals surface area contributed by atoms with Crippen LogP contribution in [0.25, 0.3) is 6.08 Å². The minimum Gasteiger partial charge on any atom is -0.493 e. The number of methoxy groups -OCH3 is 2. The Balaban J connectivity index is -0.00000103. The van der Waals surface area contributed by atoms with Gasteiger partial charge in [0.15, 0.2) is 11.5 Å². The van der Waals surface area contributed by atoms with Gasteiger partial charge in [0.2, 0.25) is 5.91 Å². The van der Waals surface area contributed by atoms with Gasteiger partial charge in [0, 0.05) is 12.6 Å². The predicted molar refractivity (Wildman–Crippen MR) is 137 cm³/mol. The molecular weight excluding hydrogens is 477 g/mol. The second-order valence-electron chi connectivity index (χ2n) is 4.85. The van der Waals surface area contributed by atoms with Crippen molar-refractivity contribution in [1.82, 2.24) is 5.32 Å². The van der Waals surface area contributed by atoms with Gasteiger partial charge < -0.3 is 14.8 Å². The zero-order valence-corrected chi connectivity index (χ0v) is 21.2. The Morgan fingerprint density at radius 2 is 1.66 bits per heavy atom. The first-order valence-corrected chi connectivity index (χ1v) is 11.6. The van der Waals surface area contributed by atoms with Crippen LogP contribution in [-0.2, 0) is 4.79 Å². The Bertz CT molecular complexity index is 623. The van der Waals surface area contributed by atoms with E-state index in [1.165, 1.54) is 11.6 Å². The fourth-order valence-electron chi connectivity index (χ4n) is 2.06. The van der Waals surface area contributed by atoms with Crippen molar-refractivity contribution in [3.8, 4) is 11.5 Å². The van der Waals surface area contributed by atoms with Gasteiger partial charge in [0.05, 0.1) is 14.2 Å². The van der Waals surface area contributed by atoms with Crippen LogP contribution in [0.4, 0.5) is 0 Å². The highest BCUT2D eigenvalue weighted by Crippen LogP contribution is 2.27. The molecule has 0 aromatic heterocycles. The fraction of sp³-hybridized carbons (Fsp3) is 0.375. The van der Waals surface area contributed by atoms with Crippen molar-refractivity contribution in [2.45, 2.75) is 34.1 Å². The lowest BCUT2D eigenvalue weighted by atomic mass is 10.1. The molecule has 0 aliphatic carbocycles. The lowest BCUT2D eigenvalue weighted by molar-refractivity contribution is -0.116. The number of allylic oxidation sites excluding steroid dienone is 3. The zero-order chi connectivity index (χ0) is 23.1. The number of alkyl halides is 1. The zero-order valence-electron chi connectivity index (χ0n) is 19.0. The molecule has 0 radical (unpaired) electrons. The minimum absolute atomic E-state index is 0.115. The van der Waals surface area contributed by atoms with Gasteiger partial charge in [-0.3, -0.25) is 4.79 Å². The third-order valence-corrected chi connectivity index (χ3v) is 3.30. The number of rotatable bonds is 8. The van der Waals surface area contributed by atoms with Crippen LogP contribution in [0.5, 0.6) is 11.5 Å². The Morgan fingerprint density at radius 3 is 2.14 bits per heavy atom. The summed E-state index contributed by atoms with van der Waals surface area (Å²) in [5.74, 6) is 1.19. The van der Waals surface area contributed by atoms with Gasteiger partial charge in [0.25, 0.3) is 0 Å². The van der Waals surface area contributed by atoms with Gasteiger partial charge in [-0.2, -0.15) is 0 Å². The standard InChI is InChI=1S/C19H25NO3.C2H6.C2H4.CH3I/c1-5-7-15(6-2)12-13-20-19(21)11-9-16-8-10-17(22-3)18(14-16)23-4;3*1-2/h5-11,14H,12-13H2,1-4H3,(H,20,21);1-2H3;1-2H2;1H3/b7-5-,11-9+,15-6+;;;. The first kappa shape index (κ1) is 31.7. The number of carbonyl (C=O) groups is 1. The Hall–Kier alpha value is -2.02. The summed E-state index contributed by atoms with van der Waals surface area (Å²) in [7, 11) is 3.18. The SMILES string of the molecule is C/C=C\C(=C/C)CCNC(=O)/C=C/c1ccc(OC)c(OC)c1.C=C.CC.CI. The summed E-state index contributed by atoms with van der Waals surface area (Å²) < 4.78 is 10.4. The molecule has 0 atom stereocenters. The molecule has 0 aliphatic rings. The van der Waals surface area contributed by atoms with Crippen molar-refractivity contribution in [2.24, 2.45) is 0 Å². The van der Waals surface area contributed by atoms with Crippen molar-refractivity contribution < 1.29 is 14.3 Å². The van der Waals surface area contributed by atoms with Gasteiger partial charge in [-0.25, -0.2) is 0 Å². The van der Waals surface area contributed by atoms with Crippen molar-refractivity contribution in [3.63, 3.8) is 0 Å². The highest BCUT2D eigenvalue weighted by molar-refractivity contribution is 14.1. The van der Waals surface area contributed by atoms with Crippen LogP contribution in [0.3, 0.4) is 0 Å². The molecule has 1 amide bonds. The van der Waals surface area contributed by atoms with E-state index in [0.717, 1.165) is 12.0 Å². The molecule has 0 heterocycles. The average Bonchev–Trinajstić information content (AvgIpc) is 2.80. The third kappa shape index (κ3) is 15.6. The van der Waals surface area contributed by atoms with Gasteiger partial charge in [0.1, 0.15) is 0 Å². The largest absolute Gasteiger partial charge is 0.493 e. The van der Waals surface area contributed by atoms with Crippen LogP contribution < -0.4 is 14.8 Å². The number of benzene rings is 1. The molecule has 0 fully saturated rings. The molecule has 1 rings (SSSR count). The van der Waals surface area contributed by atoms with E-state index >= 15 is 0 Å². The molecule has 1 aromatic rings. The molecule has 0 saturated carbocycles. The number of amides is 1. The molecule has 0 spiro atoms. The Kier molecular flexibility index (Phi) is 26.2. The Morgan fingerprint density at radius 1 is 1.07 bits per heavy atom. The number of hydrogen-bond donors (Lipinski definition) is 1. The van der Waals surface area contributed by atoms with Crippen molar-refractivity contribution >= 4 is 34.6 Å². The van der Waals surface area contributed by atoms with E-state index in [1.807, 2.05) is 69.1 Å². The highest BCUT2D eigenvalue weighted by Gasteiger charge is 2.03. The maximum Gasteiger partial charge on any atom is 0.244 e. The molecule has 0 saturated heterocycles. The third-order valence-electron chi connectivity index (χ3n) is 3.30. The molecule has 4 nitrogen and oxygen atoms in total. The summed E-state index contributed by atoms with van der Waals surface area (Å²) in [6.07, 6.45) is 10.2. The summed E-state index contributed by atoms with van der Waals surface area (Å²) in [5, 5.41) is 2.87. The van der Waals surface area contributed by atoms with Crippen LogP contribution in [0.1, 0.15) is 39.7 Å². The maximum atomic E-state index is 11.8. The quantitative estimate of drug-likeness (QED) is 0.139. The summed E-state index contributed by atoms with van der Waals surface area (Å²) in [6, 6.07) is 5.51. The molecule has 1 N–H and O–H groups in total. The molecule has 5 heteroatoms. The van der Waals surface area contributed by atoms with Crippen LogP contribution >= 0.6 is 22.6 Å². The summed E-state index contributed by atoms with van der Waals surface area (Å²) in [5.41, 5.74) is 2.08. The molecule has 0 unspecified atom stereocenters. The van der Waals surface area contributed by atoms with Gasteiger partial charge in [-0.1, -0.05) is 66.3 Å². The van der Waals surface area contributed by atoms with Gasteiger partial charge in [-0.05, 0) is 49.0 Å². The van der Waals surface area contributed by atoms with Crippen LogP contribution in [-0.4, -0.2) is 31.6 Å². The molecule has 29 heavy (non-hydrogen) atoms. The summed E-state index contributed by atoms with van der Waals surface area (Å²) >= 11 is 2.15. The predicted octanol–water partition coefficient (Wildman–Crippen LogP) is 6.63. The molecule has 0 bridgehead atoms. The molecule has 164 valence electrons. The molecule has 0 aliphatic heterocycles. The van der Waals surface area contributed by atoms with E-state index in [4.69, 9.17) is 9.47 Å². The lowest BCUT2D eigenvalue weighted by Gasteiger charge is -2.07. The normalized spacial score (nSPS) is 10.0. The number of nitrogens with one attached hydrogen (secondary N) is 1. The van der Waals surface area contributed by atoms with E-state index in [2.05, 4.69) is 41.1 Å². The van der Waals surface area contributed by atoms with Gasteiger partial charge >= 0.3 is 0 Å². The van der Waals surface area contributed by atoms with Crippen molar-refractivity contribution in [1.29, 1.82) is 0 Å². The lowest BCUT2D eigenvalue weighted by Crippen LogP contribution is -2.22. The van der Waals surface area contributed by atoms with E-state index in [9.17, 15) is 4.79 Å².